The number of carbonyl (C=O) groups excluding carboxylic acids is 2. The van der Waals surface area contributed by atoms with E-state index < -0.39 is 11.8 Å². The second kappa shape index (κ2) is 6.00. The Balaban J connectivity index is 1.80. The summed E-state index contributed by atoms with van der Waals surface area (Å²) in [6.07, 6.45) is 1.44. The summed E-state index contributed by atoms with van der Waals surface area (Å²) in [5.41, 5.74) is 2.92. The van der Waals surface area contributed by atoms with Crippen LogP contribution in [-0.2, 0) is 7.05 Å². The predicted octanol–water partition coefficient (Wildman–Crippen LogP) is 4.09. The molecule has 0 fully saturated rings. The van der Waals surface area contributed by atoms with Gasteiger partial charge in [-0.2, -0.15) is 5.10 Å². The Morgan fingerprint density at radius 1 is 0.929 bits per heavy atom. The number of amides is 2. The molecule has 6 nitrogen and oxygen atoms in total. The number of hydrogen-bond donors (Lipinski definition) is 0. The van der Waals surface area contributed by atoms with Gasteiger partial charge in [0.1, 0.15) is 5.69 Å². The van der Waals surface area contributed by atoms with Crippen molar-refractivity contribution in [1.82, 2.24) is 14.8 Å². The molecule has 2 aromatic carbocycles. The van der Waals surface area contributed by atoms with Gasteiger partial charge in [-0.1, -0.05) is 54.1 Å². The quantitative estimate of drug-likeness (QED) is 0.485. The lowest BCUT2D eigenvalue weighted by Gasteiger charge is -2.15. The first kappa shape index (κ1) is 16.6. The van der Waals surface area contributed by atoms with Gasteiger partial charge in [-0.25, -0.2) is 14.6 Å². The van der Waals surface area contributed by atoms with Crippen molar-refractivity contribution in [2.45, 2.75) is 0 Å². The molecule has 0 N–H and O–H groups in total. The van der Waals surface area contributed by atoms with Crippen LogP contribution in [0, 0.1) is 0 Å². The molecule has 0 saturated heterocycles. The normalized spacial score (nSPS) is 13.4. The summed E-state index contributed by atoms with van der Waals surface area (Å²) in [4.78, 5) is 31.9. The molecular formula is C21H13ClN4O2. The number of benzene rings is 2. The number of aryl methyl sites for hydroxylation is 1. The minimum Gasteiger partial charge on any atom is -0.268 e. The maximum Gasteiger partial charge on any atom is 0.267 e. The number of nitrogens with zero attached hydrogens (tertiary/aromatic N) is 4. The fourth-order valence-electron chi connectivity index (χ4n) is 3.58. The first-order chi connectivity index (χ1) is 13.6. The Bertz CT molecular complexity index is 1280. The second-order valence-corrected chi connectivity index (χ2v) is 6.89. The number of anilines is 1. The van der Waals surface area contributed by atoms with E-state index in [9.17, 15) is 9.59 Å². The minimum absolute atomic E-state index is 0.252. The molecule has 28 heavy (non-hydrogen) atoms. The molecule has 0 radical (unpaired) electrons. The summed E-state index contributed by atoms with van der Waals surface area (Å²) in [6.45, 7) is 0. The Morgan fingerprint density at radius 3 is 2.39 bits per heavy atom. The average Bonchev–Trinajstić information content (AvgIpc) is 3.18. The Hall–Kier alpha value is -3.51. The molecule has 1 aliphatic heterocycles. The van der Waals surface area contributed by atoms with Crippen molar-refractivity contribution in [3.05, 3.63) is 76.9 Å². The molecule has 0 aliphatic carbocycles. The lowest BCUT2D eigenvalue weighted by molar-refractivity contribution is 0.0926. The molecule has 1 aliphatic rings. The second-order valence-electron chi connectivity index (χ2n) is 6.48. The topological polar surface area (TPSA) is 68.1 Å². The van der Waals surface area contributed by atoms with Gasteiger partial charge in [-0.05, 0) is 12.1 Å². The van der Waals surface area contributed by atoms with Crippen LogP contribution in [0.3, 0.4) is 0 Å². The molecule has 0 saturated carbocycles. The van der Waals surface area contributed by atoms with Crippen molar-refractivity contribution in [2.24, 2.45) is 7.05 Å². The van der Waals surface area contributed by atoms with E-state index in [0.29, 0.717) is 33.0 Å². The van der Waals surface area contributed by atoms with Gasteiger partial charge in [0.2, 0.25) is 0 Å². The summed E-state index contributed by atoms with van der Waals surface area (Å²) in [5, 5.41) is 5.46. The van der Waals surface area contributed by atoms with Crippen LogP contribution < -0.4 is 4.90 Å². The minimum atomic E-state index is -0.439. The van der Waals surface area contributed by atoms with E-state index in [-0.39, 0.29) is 5.56 Å². The highest BCUT2D eigenvalue weighted by Gasteiger charge is 2.40. The van der Waals surface area contributed by atoms with Gasteiger partial charge in [0.25, 0.3) is 11.8 Å². The molecule has 0 bridgehead atoms. The molecule has 2 amide bonds. The van der Waals surface area contributed by atoms with Gasteiger partial charge in [-0.15, -0.1) is 0 Å². The van der Waals surface area contributed by atoms with Crippen LogP contribution in [0.4, 0.5) is 5.69 Å². The fraction of sp³-hybridized carbons (Fsp3) is 0.0476. The zero-order chi connectivity index (χ0) is 19.4. The summed E-state index contributed by atoms with van der Waals surface area (Å²) >= 11 is 6.25. The number of hydrogen-bond acceptors (Lipinski definition) is 4. The van der Waals surface area contributed by atoms with Crippen molar-refractivity contribution in [2.75, 3.05) is 4.90 Å². The number of imide groups is 1. The van der Waals surface area contributed by atoms with Crippen molar-refractivity contribution < 1.29 is 9.59 Å². The van der Waals surface area contributed by atoms with Gasteiger partial charge in [0.05, 0.1) is 27.2 Å². The first-order valence-electron chi connectivity index (χ1n) is 8.62. The van der Waals surface area contributed by atoms with E-state index in [4.69, 9.17) is 11.6 Å². The third-order valence-electron chi connectivity index (χ3n) is 4.84. The molecule has 2 aromatic heterocycles. The number of fused-ring (bicyclic) bond motifs is 3. The van der Waals surface area contributed by atoms with Gasteiger partial charge in [0, 0.05) is 18.8 Å². The van der Waals surface area contributed by atoms with E-state index in [1.54, 1.807) is 36.0 Å². The summed E-state index contributed by atoms with van der Waals surface area (Å²) in [5.74, 6) is -0.865. The zero-order valence-corrected chi connectivity index (χ0v) is 15.5. The highest BCUT2D eigenvalue weighted by molar-refractivity contribution is 6.41. The van der Waals surface area contributed by atoms with Crippen molar-refractivity contribution in [3.8, 4) is 11.3 Å². The molecule has 3 heterocycles. The van der Waals surface area contributed by atoms with Crippen LogP contribution in [0.1, 0.15) is 20.7 Å². The van der Waals surface area contributed by atoms with Crippen molar-refractivity contribution >= 4 is 40.1 Å². The number of rotatable bonds is 2. The van der Waals surface area contributed by atoms with Crippen LogP contribution in [0.5, 0.6) is 0 Å². The van der Waals surface area contributed by atoms with E-state index in [0.717, 1.165) is 10.5 Å². The van der Waals surface area contributed by atoms with Crippen LogP contribution >= 0.6 is 11.6 Å². The van der Waals surface area contributed by atoms with Gasteiger partial charge in [0.15, 0.2) is 5.65 Å². The van der Waals surface area contributed by atoms with Crippen LogP contribution in [0.25, 0.3) is 22.3 Å². The number of halogens is 1. The van der Waals surface area contributed by atoms with E-state index in [2.05, 4.69) is 10.1 Å². The Morgan fingerprint density at radius 2 is 1.64 bits per heavy atom. The number of carbonyl (C=O) groups is 2. The molecule has 5 rings (SSSR count). The molecule has 0 spiro atoms. The Kier molecular flexibility index (Phi) is 3.57. The summed E-state index contributed by atoms with van der Waals surface area (Å²) < 4.78 is 1.62. The van der Waals surface area contributed by atoms with Gasteiger partial charge in [-0.3, -0.25) is 9.59 Å². The third-order valence-corrected chi connectivity index (χ3v) is 5.16. The van der Waals surface area contributed by atoms with E-state index in [1.165, 1.54) is 6.20 Å². The highest BCUT2D eigenvalue weighted by Crippen LogP contribution is 2.38. The van der Waals surface area contributed by atoms with Crippen LogP contribution in [0.2, 0.25) is 5.02 Å². The largest absolute Gasteiger partial charge is 0.268 e. The lowest BCUT2D eigenvalue weighted by Crippen LogP contribution is -2.29. The van der Waals surface area contributed by atoms with E-state index >= 15 is 0 Å². The fourth-order valence-corrected chi connectivity index (χ4v) is 3.80. The molecular weight excluding hydrogens is 376 g/mol. The van der Waals surface area contributed by atoms with Gasteiger partial charge >= 0.3 is 0 Å². The van der Waals surface area contributed by atoms with E-state index in [1.807, 2.05) is 30.3 Å². The molecule has 7 heteroatoms. The zero-order valence-electron chi connectivity index (χ0n) is 14.8. The Labute approximate surface area is 165 Å². The average molecular weight is 389 g/mol. The summed E-state index contributed by atoms with van der Waals surface area (Å²) in [7, 11) is 1.77. The highest BCUT2D eigenvalue weighted by atomic mass is 35.5. The smallest absolute Gasteiger partial charge is 0.267 e. The van der Waals surface area contributed by atoms with Crippen molar-refractivity contribution in [1.29, 1.82) is 0 Å². The maximum absolute atomic E-state index is 13.3. The van der Waals surface area contributed by atoms with Crippen molar-refractivity contribution in [3.63, 3.8) is 0 Å². The van der Waals surface area contributed by atoms with Gasteiger partial charge < -0.3 is 0 Å². The first-order valence-corrected chi connectivity index (χ1v) is 9.00. The summed E-state index contributed by atoms with van der Waals surface area (Å²) in [6, 6.07) is 16.3. The third kappa shape index (κ3) is 2.21. The maximum atomic E-state index is 13.3. The molecule has 136 valence electrons. The number of para-hydroxylation sites is 1. The molecule has 4 aromatic rings. The number of aromatic nitrogens is 3. The SMILES string of the molecule is Cn1nc(-c2ccccc2)c2c3c(cnc21)C(=O)N(c1ccccc1Cl)C3=O. The predicted molar refractivity (Wildman–Crippen MR) is 107 cm³/mol. The molecule has 0 unspecified atom stereocenters. The lowest BCUT2D eigenvalue weighted by atomic mass is 10.0. The number of pyridine rings is 1. The van der Waals surface area contributed by atoms with Crippen LogP contribution in [0.15, 0.2) is 60.8 Å². The van der Waals surface area contributed by atoms with Crippen LogP contribution in [-0.4, -0.2) is 26.6 Å². The molecule has 0 atom stereocenters. The standard InChI is InChI=1S/C21H13ClN4O2/c1-25-19-17(18(24-25)12-7-3-2-4-8-12)16-13(11-23-19)20(27)26(21(16)28)15-10-6-5-9-14(15)22/h2-11H,1H3. The monoisotopic (exact) mass is 388 g/mol.